The summed E-state index contributed by atoms with van der Waals surface area (Å²) in [6.07, 6.45) is -4.44. The topological polar surface area (TPSA) is 69.7 Å². The van der Waals surface area contributed by atoms with Gasteiger partial charge in [-0.3, -0.25) is 0 Å². The normalized spacial score (nSPS) is 18.0. The first-order chi connectivity index (χ1) is 10.5. The minimum atomic E-state index is -4.66. The Morgan fingerprint density at radius 1 is 1.23 bits per heavy atom. The number of alkyl halides is 3. The van der Waals surface area contributed by atoms with Crippen LogP contribution in [0.1, 0.15) is 24.0 Å². The molecule has 6 nitrogen and oxygen atoms in total. The second kappa shape index (κ2) is 5.32. The van der Waals surface area contributed by atoms with Crippen LogP contribution in [-0.4, -0.2) is 23.1 Å². The lowest BCUT2D eigenvalue weighted by molar-refractivity contribution is -0.159. The van der Waals surface area contributed by atoms with Crippen LogP contribution < -0.4 is 0 Å². The number of hydrogen-bond donors (Lipinski definition) is 0. The number of benzene rings is 1. The highest BCUT2D eigenvalue weighted by Crippen LogP contribution is 2.31. The highest BCUT2D eigenvalue weighted by molar-refractivity contribution is 5.77. The molecule has 1 aliphatic rings. The van der Waals surface area contributed by atoms with Crippen LogP contribution in [0.5, 0.6) is 0 Å². The van der Waals surface area contributed by atoms with Crippen molar-refractivity contribution in [3.8, 4) is 11.4 Å². The van der Waals surface area contributed by atoms with Gasteiger partial charge in [0, 0.05) is 5.56 Å². The van der Waals surface area contributed by atoms with Crippen LogP contribution in [0.3, 0.4) is 0 Å². The monoisotopic (exact) mass is 313 g/mol. The Kier molecular flexibility index (Phi) is 3.47. The summed E-state index contributed by atoms with van der Waals surface area (Å²) in [4.78, 5) is 8.53. The lowest BCUT2D eigenvalue weighted by Gasteiger charge is -2.08. The fourth-order valence-corrected chi connectivity index (χ4v) is 1.96. The molecule has 0 bridgehead atoms. The second-order valence-electron chi connectivity index (χ2n) is 4.53. The molecule has 0 aliphatic carbocycles. The number of ether oxygens (including phenoxy) is 1. The summed E-state index contributed by atoms with van der Waals surface area (Å²) in [5, 5.41) is 7.08. The first kappa shape index (κ1) is 14.4. The third-order valence-corrected chi connectivity index (χ3v) is 3.09. The van der Waals surface area contributed by atoms with Gasteiger partial charge in [-0.05, 0) is 5.56 Å². The predicted octanol–water partition coefficient (Wildman–Crippen LogP) is 3.18. The van der Waals surface area contributed by atoms with Gasteiger partial charge in [0.25, 0.3) is 0 Å². The van der Waals surface area contributed by atoms with Gasteiger partial charge in [-0.1, -0.05) is 34.6 Å². The fraction of sp³-hybridized carbons (Fsp3) is 0.308. The molecule has 0 radical (unpaired) electrons. The van der Waals surface area contributed by atoms with E-state index in [0.717, 1.165) is 5.56 Å². The van der Waals surface area contributed by atoms with Gasteiger partial charge in [0.2, 0.25) is 11.7 Å². The highest BCUT2D eigenvalue weighted by Gasteiger charge is 2.38. The lowest BCUT2D eigenvalue weighted by Crippen LogP contribution is -2.04. The number of hydrogen-bond acceptors (Lipinski definition) is 6. The summed E-state index contributed by atoms with van der Waals surface area (Å²) >= 11 is 0. The molecule has 116 valence electrons. The predicted molar refractivity (Wildman–Crippen MR) is 67.6 cm³/mol. The van der Waals surface area contributed by atoms with Crippen molar-refractivity contribution in [2.75, 3.05) is 7.11 Å². The quantitative estimate of drug-likeness (QED) is 0.851. The SMILES string of the molecule is COC1=NOC(c2ccc(-c3noc(C(F)(F)F)n3)cc2)C1. The Morgan fingerprint density at radius 2 is 1.95 bits per heavy atom. The fourth-order valence-electron chi connectivity index (χ4n) is 1.96. The van der Waals surface area contributed by atoms with Gasteiger partial charge >= 0.3 is 12.1 Å². The van der Waals surface area contributed by atoms with Gasteiger partial charge in [-0.15, -0.1) is 0 Å². The van der Waals surface area contributed by atoms with Crippen molar-refractivity contribution in [2.45, 2.75) is 18.7 Å². The lowest BCUT2D eigenvalue weighted by atomic mass is 10.0. The van der Waals surface area contributed by atoms with Crippen LogP contribution in [0.15, 0.2) is 33.9 Å². The minimum absolute atomic E-state index is 0.125. The first-order valence-electron chi connectivity index (χ1n) is 6.25. The van der Waals surface area contributed by atoms with Crippen molar-refractivity contribution in [3.05, 3.63) is 35.7 Å². The molecular weight excluding hydrogens is 303 g/mol. The standard InChI is InChI=1S/C13H10F3N3O3/c1-20-10-6-9(21-18-10)7-2-4-8(5-3-7)11-17-12(22-19-11)13(14,15)16/h2-5,9H,6H2,1H3. The largest absolute Gasteiger partial charge is 0.482 e. The molecule has 3 rings (SSSR count). The van der Waals surface area contributed by atoms with E-state index in [1.807, 2.05) is 0 Å². The third-order valence-electron chi connectivity index (χ3n) is 3.09. The van der Waals surface area contributed by atoms with E-state index in [2.05, 4.69) is 19.8 Å². The van der Waals surface area contributed by atoms with E-state index in [1.165, 1.54) is 7.11 Å². The Labute approximate surface area is 122 Å². The number of aromatic nitrogens is 2. The molecule has 22 heavy (non-hydrogen) atoms. The number of oxime groups is 1. The van der Waals surface area contributed by atoms with Gasteiger partial charge in [-0.2, -0.15) is 18.2 Å². The molecule has 0 amide bonds. The number of halogens is 3. The van der Waals surface area contributed by atoms with Crippen LogP contribution in [-0.2, 0) is 15.8 Å². The van der Waals surface area contributed by atoms with Gasteiger partial charge in [-0.25, -0.2) is 0 Å². The molecule has 0 spiro atoms. The molecule has 0 saturated heterocycles. The molecule has 1 aromatic carbocycles. The Morgan fingerprint density at radius 3 is 2.50 bits per heavy atom. The zero-order valence-electron chi connectivity index (χ0n) is 11.3. The van der Waals surface area contributed by atoms with E-state index in [-0.39, 0.29) is 11.9 Å². The molecule has 1 atom stereocenters. The van der Waals surface area contributed by atoms with Crippen LogP contribution >= 0.6 is 0 Å². The molecule has 1 aliphatic heterocycles. The summed E-state index contributed by atoms with van der Waals surface area (Å²) in [6, 6.07) is 6.60. The Hall–Kier alpha value is -2.58. The van der Waals surface area contributed by atoms with Gasteiger partial charge in [0.1, 0.15) is 0 Å². The molecule has 9 heteroatoms. The van der Waals surface area contributed by atoms with Gasteiger partial charge in [0.05, 0.1) is 13.5 Å². The van der Waals surface area contributed by atoms with Gasteiger partial charge < -0.3 is 14.1 Å². The van der Waals surface area contributed by atoms with Crippen LogP contribution in [0.4, 0.5) is 13.2 Å². The van der Waals surface area contributed by atoms with Crippen molar-refractivity contribution in [2.24, 2.45) is 5.16 Å². The van der Waals surface area contributed by atoms with Crippen molar-refractivity contribution >= 4 is 5.90 Å². The highest BCUT2D eigenvalue weighted by atomic mass is 19.4. The molecular formula is C13H10F3N3O3. The molecule has 0 N–H and O–H groups in total. The zero-order valence-corrected chi connectivity index (χ0v) is 11.3. The van der Waals surface area contributed by atoms with E-state index in [9.17, 15) is 13.2 Å². The van der Waals surface area contributed by atoms with Crippen molar-refractivity contribution < 1.29 is 27.3 Å². The summed E-state index contributed by atoms with van der Waals surface area (Å²) < 4.78 is 46.4. The number of methoxy groups -OCH3 is 1. The van der Waals surface area contributed by atoms with Crippen LogP contribution in [0.25, 0.3) is 11.4 Å². The summed E-state index contributed by atoms with van der Waals surface area (Å²) in [6.45, 7) is 0. The Bertz CT molecular complexity index is 695. The maximum absolute atomic E-state index is 12.4. The van der Waals surface area contributed by atoms with Crippen LogP contribution in [0.2, 0.25) is 0 Å². The van der Waals surface area contributed by atoms with Gasteiger partial charge in [0.15, 0.2) is 6.10 Å². The molecule has 2 heterocycles. The average Bonchev–Trinajstić information content (AvgIpc) is 3.16. The Balaban J connectivity index is 1.76. The van der Waals surface area contributed by atoms with Crippen molar-refractivity contribution in [3.63, 3.8) is 0 Å². The molecule has 1 unspecified atom stereocenters. The van der Waals surface area contributed by atoms with Crippen molar-refractivity contribution in [1.82, 2.24) is 10.1 Å². The molecule has 1 aromatic heterocycles. The average molecular weight is 313 g/mol. The van der Waals surface area contributed by atoms with Crippen LogP contribution in [0, 0.1) is 0 Å². The second-order valence-corrected chi connectivity index (χ2v) is 4.53. The first-order valence-corrected chi connectivity index (χ1v) is 6.25. The minimum Gasteiger partial charge on any atom is -0.482 e. The summed E-state index contributed by atoms with van der Waals surface area (Å²) in [7, 11) is 1.50. The number of rotatable bonds is 2. The number of nitrogens with zero attached hydrogens (tertiary/aromatic N) is 3. The van der Waals surface area contributed by atoms with Crippen molar-refractivity contribution in [1.29, 1.82) is 0 Å². The molecule has 0 fully saturated rings. The summed E-state index contributed by atoms with van der Waals surface area (Å²) in [5.74, 6) is -1.01. The molecule has 2 aromatic rings. The molecule has 0 saturated carbocycles. The van der Waals surface area contributed by atoms with E-state index in [4.69, 9.17) is 9.57 Å². The summed E-state index contributed by atoms with van der Waals surface area (Å²) in [5.41, 5.74) is 1.23. The van der Waals surface area contributed by atoms with E-state index < -0.39 is 12.1 Å². The smallest absolute Gasteiger partial charge is 0.471 e. The van der Waals surface area contributed by atoms with E-state index in [1.54, 1.807) is 24.3 Å². The van der Waals surface area contributed by atoms with E-state index >= 15 is 0 Å². The maximum atomic E-state index is 12.4. The maximum Gasteiger partial charge on any atom is 0.471 e. The zero-order chi connectivity index (χ0) is 15.7. The van der Waals surface area contributed by atoms with E-state index in [0.29, 0.717) is 17.9 Å². The third kappa shape index (κ3) is 2.74.